The fourth-order valence-corrected chi connectivity index (χ4v) is 4.22. The van der Waals surface area contributed by atoms with E-state index in [0.717, 1.165) is 5.56 Å². The number of carboxylic acid groups (broad SMARTS) is 1. The summed E-state index contributed by atoms with van der Waals surface area (Å²) in [5.41, 5.74) is 1.37. The van der Waals surface area contributed by atoms with E-state index in [1.165, 1.54) is 12.3 Å². The van der Waals surface area contributed by atoms with Gasteiger partial charge in [0.1, 0.15) is 12.4 Å². The number of benzene rings is 2. The highest BCUT2D eigenvalue weighted by Gasteiger charge is 2.35. The van der Waals surface area contributed by atoms with E-state index in [0.29, 0.717) is 5.56 Å². The molecule has 24 heavy (non-hydrogen) atoms. The van der Waals surface area contributed by atoms with E-state index in [4.69, 9.17) is 4.74 Å². The predicted molar refractivity (Wildman–Crippen MR) is 92.4 cm³/mol. The van der Waals surface area contributed by atoms with Gasteiger partial charge in [0, 0.05) is 0 Å². The molecule has 0 aliphatic carbocycles. The van der Waals surface area contributed by atoms with E-state index in [-0.39, 0.29) is 17.3 Å². The zero-order valence-corrected chi connectivity index (χ0v) is 14.2. The van der Waals surface area contributed by atoms with Crippen molar-refractivity contribution in [3.05, 3.63) is 59.7 Å². The monoisotopic (exact) mass is 349 g/mol. The van der Waals surface area contributed by atoms with Crippen molar-refractivity contribution in [1.29, 1.82) is 0 Å². The van der Waals surface area contributed by atoms with Crippen molar-refractivity contribution >= 4 is 21.6 Å². The number of aromatic hydroxyl groups is 1. The molecule has 0 radical (unpaired) electrons. The summed E-state index contributed by atoms with van der Waals surface area (Å²) in [6, 6.07) is 13.8. The topological polar surface area (TPSA) is 95.9 Å². The molecule has 1 amide bonds. The number of phenols is 1. The number of ether oxygens (including phenoxy) is 1. The second kappa shape index (κ2) is 7.27. The lowest BCUT2D eigenvalue weighted by atomic mass is 10.2. The Bertz CT molecular complexity index is 730. The number of hydrogen-bond acceptors (Lipinski definition) is 4. The minimum Gasteiger partial charge on any atom is -0.507 e. The van der Waals surface area contributed by atoms with Gasteiger partial charge in [-0.3, -0.25) is 4.72 Å². The third-order valence-corrected chi connectivity index (χ3v) is 6.07. The molecule has 0 saturated carbocycles. The number of rotatable bonds is 3. The molecule has 7 heteroatoms. The molecule has 1 unspecified atom stereocenters. The van der Waals surface area contributed by atoms with Gasteiger partial charge in [-0.1, -0.05) is 42.5 Å². The number of amides is 1. The number of phenolic OH excluding ortho intramolecular Hbond substituents is 1. The Morgan fingerprint density at radius 2 is 1.79 bits per heavy atom. The lowest BCUT2D eigenvalue weighted by molar-refractivity contribution is 0.146. The van der Waals surface area contributed by atoms with Crippen LogP contribution in [0, 0.1) is 6.92 Å². The number of carbonyl (C=O) groups is 2. The molecule has 0 heterocycles. The largest absolute Gasteiger partial charge is 0.507 e. The lowest BCUT2D eigenvalue weighted by Gasteiger charge is -2.33. The van der Waals surface area contributed by atoms with Gasteiger partial charge in [-0.25, -0.2) is 9.59 Å². The van der Waals surface area contributed by atoms with Gasteiger partial charge in [-0.2, -0.15) is 0 Å². The highest BCUT2D eigenvalue weighted by atomic mass is 32.3. The maximum atomic E-state index is 12.1. The van der Waals surface area contributed by atoms with Crippen molar-refractivity contribution in [2.75, 3.05) is 6.26 Å². The summed E-state index contributed by atoms with van der Waals surface area (Å²) in [5.74, 6) is -0.168. The van der Waals surface area contributed by atoms with Gasteiger partial charge in [0.15, 0.2) is 0 Å². The van der Waals surface area contributed by atoms with E-state index in [2.05, 4.69) is 4.72 Å². The van der Waals surface area contributed by atoms with Gasteiger partial charge in [0.25, 0.3) is 0 Å². The first-order chi connectivity index (χ1) is 11.3. The molecule has 0 aromatic heterocycles. The molecule has 128 valence electrons. The van der Waals surface area contributed by atoms with Crippen molar-refractivity contribution < 1.29 is 24.5 Å². The van der Waals surface area contributed by atoms with E-state index in [1.807, 2.05) is 18.2 Å². The van der Waals surface area contributed by atoms with Gasteiger partial charge in [-0.05, 0) is 40.6 Å². The van der Waals surface area contributed by atoms with Crippen LogP contribution in [-0.2, 0) is 11.3 Å². The van der Waals surface area contributed by atoms with Crippen LogP contribution in [0.5, 0.6) is 5.75 Å². The first-order valence-corrected chi connectivity index (χ1v) is 9.17. The molecule has 2 rings (SSSR count). The normalized spacial score (nSPS) is 14.2. The molecular weight excluding hydrogens is 330 g/mol. The zero-order valence-electron chi connectivity index (χ0n) is 13.4. The first kappa shape index (κ1) is 17.7. The second-order valence-electron chi connectivity index (χ2n) is 5.27. The van der Waals surface area contributed by atoms with Crippen molar-refractivity contribution in [1.82, 2.24) is 4.72 Å². The number of aryl methyl sites for hydroxylation is 1. The quantitative estimate of drug-likeness (QED) is 0.778. The Labute approximate surface area is 141 Å². The van der Waals surface area contributed by atoms with Crippen molar-refractivity contribution in [2.45, 2.75) is 18.4 Å². The molecule has 1 atom stereocenters. The Hall–Kier alpha value is -2.67. The predicted octanol–water partition coefficient (Wildman–Crippen LogP) is 4.01. The van der Waals surface area contributed by atoms with Crippen LogP contribution in [0.3, 0.4) is 0 Å². The highest BCUT2D eigenvalue weighted by Crippen LogP contribution is 2.54. The highest BCUT2D eigenvalue weighted by molar-refractivity contribution is 8.43. The van der Waals surface area contributed by atoms with E-state index in [1.54, 1.807) is 31.2 Å². The van der Waals surface area contributed by atoms with Crippen LogP contribution in [0.2, 0.25) is 0 Å². The summed E-state index contributed by atoms with van der Waals surface area (Å²) in [4.78, 5) is 24.1. The summed E-state index contributed by atoms with van der Waals surface area (Å²) in [6.45, 7) is 1.71. The number of hydrogen-bond donors (Lipinski definition) is 3. The van der Waals surface area contributed by atoms with Gasteiger partial charge >= 0.3 is 11.4 Å². The molecule has 0 fully saturated rings. The van der Waals surface area contributed by atoms with Crippen LogP contribution in [0.15, 0.2) is 53.4 Å². The third kappa shape index (κ3) is 3.80. The van der Waals surface area contributed by atoms with E-state index in [9.17, 15) is 19.8 Å². The second-order valence-corrected chi connectivity index (χ2v) is 8.07. The van der Waals surface area contributed by atoms with Crippen LogP contribution in [0.25, 0.3) is 0 Å². The zero-order chi connectivity index (χ0) is 17.7. The smallest absolute Gasteiger partial charge is 0.416 e. The standard InChI is InChI=1S/C17H19NO5S/c1-12-7-6-10-14(19)15(12)24(2,17(21)22)18-16(20)23-11-13-8-4-3-5-9-13/h3-10,19H,11H2,1-2H3,(H,18,20)(H,21,22). The summed E-state index contributed by atoms with van der Waals surface area (Å²) >= 11 is 0. The van der Waals surface area contributed by atoms with Gasteiger partial charge in [0.2, 0.25) is 0 Å². The third-order valence-electron chi connectivity index (χ3n) is 3.45. The first-order valence-electron chi connectivity index (χ1n) is 7.13. The summed E-state index contributed by atoms with van der Waals surface area (Å²) < 4.78 is 7.52. The average Bonchev–Trinajstić information content (AvgIpc) is 2.53. The Morgan fingerprint density at radius 3 is 2.38 bits per heavy atom. The summed E-state index contributed by atoms with van der Waals surface area (Å²) in [6.07, 6.45) is 0.544. The molecule has 0 bridgehead atoms. The van der Waals surface area contributed by atoms with Gasteiger partial charge in [0.05, 0.1) is 4.90 Å². The molecule has 2 aromatic rings. The van der Waals surface area contributed by atoms with Crippen LogP contribution in [-0.4, -0.2) is 27.9 Å². The minimum atomic E-state index is -2.86. The van der Waals surface area contributed by atoms with Crippen LogP contribution in [0.1, 0.15) is 11.1 Å². The van der Waals surface area contributed by atoms with Crippen LogP contribution < -0.4 is 4.72 Å². The molecule has 2 aromatic carbocycles. The fourth-order valence-electron chi connectivity index (χ4n) is 2.27. The van der Waals surface area contributed by atoms with Crippen LogP contribution in [0.4, 0.5) is 9.59 Å². The molecule has 0 spiro atoms. The average molecular weight is 349 g/mol. The maximum absolute atomic E-state index is 12.1. The van der Waals surface area contributed by atoms with Crippen molar-refractivity contribution in [3.8, 4) is 5.75 Å². The van der Waals surface area contributed by atoms with Crippen molar-refractivity contribution in [3.63, 3.8) is 0 Å². The molecular formula is C17H19NO5S. The number of carbonyl (C=O) groups excluding carboxylic acids is 1. The van der Waals surface area contributed by atoms with Gasteiger partial charge < -0.3 is 14.9 Å². The minimum absolute atomic E-state index is 0.0293. The molecule has 0 aliphatic heterocycles. The Morgan fingerprint density at radius 1 is 1.12 bits per heavy atom. The number of nitrogens with one attached hydrogen (secondary N) is 1. The molecule has 3 N–H and O–H groups in total. The molecule has 0 aliphatic rings. The van der Waals surface area contributed by atoms with E-state index < -0.39 is 21.6 Å². The molecule has 0 saturated heterocycles. The SMILES string of the molecule is Cc1cccc(O)c1S(C)(NC(=O)OCc1ccccc1)C(=O)O. The molecule has 6 nitrogen and oxygen atoms in total. The van der Waals surface area contributed by atoms with E-state index >= 15 is 0 Å². The lowest BCUT2D eigenvalue weighted by Crippen LogP contribution is -2.32. The van der Waals surface area contributed by atoms with Crippen molar-refractivity contribution in [2.24, 2.45) is 0 Å². The summed E-state index contributed by atoms with van der Waals surface area (Å²) in [7, 11) is -2.86. The van der Waals surface area contributed by atoms with Crippen LogP contribution >= 0.6 is 10.2 Å². The van der Waals surface area contributed by atoms with Gasteiger partial charge in [-0.15, -0.1) is 0 Å². The Kier molecular flexibility index (Phi) is 5.35. The summed E-state index contributed by atoms with van der Waals surface area (Å²) in [5, 5.41) is 18.5. The maximum Gasteiger partial charge on any atom is 0.416 e. The fraction of sp³-hybridized carbons (Fsp3) is 0.176. The Balaban J connectivity index is 2.19.